The number of hydrogen-bond acceptors (Lipinski definition) is 3. The van der Waals surface area contributed by atoms with Gasteiger partial charge in [-0.1, -0.05) is 29.8 Å². The van der Waals surface area contributed by atoms with Crippen molar-refractivity contribution >= 4 is 45.5 Å². The molecule has 0 radical (unpaired) electrons. The molecular weight excluding hydrogens is 367 g/mol. The van der Waals surface area contributed by atoms with Gasteiger partial charge < -0.3 is 0 Å². The molecule has 2 rings (SSSR count). The van der Waals surface area contributed by atoms with Crippen LogP contribution in [0.3, 0.4) is 0 Å². The fourth-order valence-electron chi connectivity index (χ4n) is 1.66. The van der Waals surface area contributed by atoms with Crippen LogP contribution in [-0.2, 0) is 6.42 Å². The van der Waals surface area contributed by atoms with Crippen LogP contribution in [0.4, 0.5) is 0 Å². The molecule has 1 aromatic carbocycles. The number of nitrogens with two attached hydrogens (primary N) is 1. The summed E-state index contributed by atoms with van der Waals surface area (Å²) >= 11 is 10.2. The average Bonchev–Trinajstić information content (AvgIpc) is 2.75. The van der Waals surface area contributed by atoms with Crippen LogP contribution in [0.25, 0.3) is 0 Å². The van der Waals surface area contributed by atoms with Crippen LogP contribution in [0.5, 0.6) is 0 Å². The van der Waals surface area contributed by atoms with Gasteiger partial charge in [-0.25, -0.2) is 0 Å². The van der Waals surface area contributed by atoms with E-state index in [4.69, 9.17) is 17.4 Å². The van der Waals surface area contributed by atoms with E-state index >= 15 is 0 Å². The van der Waals surface area contributed by atoms with Gasteiger partial charge >= 0.3 is 0 Å². The van der Waals surface area contributed by atoms with E-state index < -0.39 is 0 Å². The number of benzene rings is 1. The second-order valence-electron chi connectivity index (χ2n) is 3.70. The van der Waals surface area contributed by atoms with Crippen molar-refractivity contribution in [3.05, 3.63) is 54.7 Å². The number of thiophene rings is 1. The maximum atomic E-state index is 6.15. The summed E-state index contributed by atoms with van der Waals surface area (Å²) in [4.78, 5) is 0. The number of rotatable bonds is 4. The third-order valence-electron chi connectivity index (χ3n) is 2.57. The van der Waals surface area contributed by atoms with Crippen LogP contribution in [-0.4, -0.2) is 0 Å². The van der Waals surface area contributed by atoms with E-state index in [1.54, 1.807) is 11.3 Å². The molecule has 0 fully saturated rings. The lowest BCUT2D eigenvalue weighted by Gasteiger charge is -2.15. The third kappa shape index (κ3) is 3.42. The Balaban J connectivity index is 2.18. The molecule has 3 N–H and O–H groups in total. The minimum atomic E-state index is 0.106. The zero-order chi connectivity index (χ0) is 12.3. The number of hydrazine groups is 1. The summed E-state index contributed by atoms with van der Waals surface area (Å²) in [6.07, 6.45) is 0.795. The van der Waals surface area contributed by atoms with Gasteiger partial charge in [-0.05, 0) is 57.7 Å². The summed E-state index contributed by atoms with van der Waals surface area (Å²) in [5.74, 6) is 5.62. The molecule has 2 nitrogen and oxygen atoms in total. The minimum Gasteiger partial charge on any atom is -0.271 e. The van der Waals surface area contributed by atoms with Gasteiger partial charge in [0.05, 0.1) is 8.93 Å². The van der Waals surface area contributed by atoms with Gasteiger partial charge in [0, 0.05) is 5.02 Å². The van der Waals surface area contributed by atoms with E-state index in [0.29, 0.717) is 0 Å². The molecule has 0 amide bonds. The highest BCUT2D eigenvalue weighted by atomic mass is 127. The predicted molar refractivity (Wildman–Crippen MR) is 82.3 cm³/mol. The van der Waals surface area contributed by atoms with E-state index in [1.165, 1.54) is 8.45 Å². The summed E-state index contributed by atoms with van der Waals surface area (Å²) in [5, 5.41) is 2.92. The van der Waals surface area contributed by atoms with Crippen molar-refractivity contribution in [3.63, 3.8) is 0 Å². The molecule has 1 aromatic heterocycles. The fourth-order valence-corrected chi connectivity index (χ4v) is 3.30. The van der Waals surface area contributed by atoms with Gasteiger partial charge in [-0.2, -0.15) is 0 Å². The van der Waals surface area contributed by atoms with Crippen molar-refractivity contribution in [1.29, 1.82) is 0 Å². The topological polar surface area (TPSA) is 38.0 Å². The van der Waals surface area contributed by atoms with Crippen molar-refractivity contribution in [1.82, 2.24) is 5.43 Å². The monoisotopic (exact) mass is 378 g/mol. The van der Waals surface area contributed by atoms with Crippen molar-refractivity contribution in [3.8, 4) is 0 Å². The molecule has 1 heterocycles. The second kappa shape index (κ2) is 6.15. The molecule has 90 valence electrons. The average molecular weight is 379 g/mol. The molecule has 5 heteroatoms. The van der Waals surface area contributed by atoms with Crippen LogP contribution in [0.1, 0.15) is 17.2 Å². The highest BCUT2D eigenvalue weighted by Crippen LogP contribution is 2.26. The van der Waals surface area contributed by atoms with Crippen molar-refractivity contribution < 1.29 is 0 Å². The number of halogens is 2. The van der Waals surface area contributed by atoms with Crippen LogP contribution in [0, 0.1) is 2.88 Å². The van der Waals surface area contributed by atoms with Crippen molar-refractivity contribution in [2.75, 3.05) is 0 Å². The van der Waals surface area contributed by atoms with E-state index in [9.17, 15) is 0 Å². The highest BCUT2D eigenvalue weighted by molar-refractivity contribution is 14.1. The van der Waals surface area contributed by atoms with Gasteiger partial charge in [0.2, 0.25) is 0 Å². The SMILES string of the molecule is NNC(Cc1ccccc1Cl)c1csc(I)c1. The summed E-state index contributed by atoms with van der Waals surface area (Å²) in [5.41, 5.74) is 5.17. The Kier molecular flexibility index (Phi) is 4.81. The first kappa shape index (κ1) is 13.3. The van der Waals surface area contributed by atoms with Crippen LogP contribution < -0.4 is 11.3 Å². The minimum absolute atomic E-state index is 0.106. The first-order valence-electron chi connectivity index (χ1n) is 5.14. The largest absolute Gasteiger partial charge is 0.271 e. The van der Waals surface area contributed by atoms with Gasteiger partial charge in [-0.15, -0.1) is 11.3 Å². The zero-order valence-electron chi connectivity index (χ0n) is 8.99. The molecule has 17 heavy (non-hydrogen) atoms. The first-order chi connectivity index (χ1) is 8.20. The lowest BCUT2D eigenvalue weighted by molar-refractivity contribution is 0.553. The third-order valence-corrected chi connectivity index (χ3v) is 4.75. The van der Waals surface area contributed by atoms with Crippen LogP contribution in [0.15, 0.2) is 35.7 Å². The van der Waals surface area contributed by atoms with Crippen LogP contribution in [0.2, 0.25) is 5.02 Å². The van der Waals surface area contributed by atoms with E-state index in [-0.39, 0.29) is 6.04 Å². The normalized spacial score (nSPS) is 12.6. The smallest absolute Gasteiger partial charge is 0.0656 e. The molecule has 1 atom stereocenters. The predicted octanol–water partition coefficient (Wildman–Crippen LogP) is 3.75. The number of hydrogen-bond donors (Lipinski definition) is 2. The van der Waals surface area contributed by atoms with Crippen molar-refractivity contribution in [2.24, 2.45) is 5.84 Å². The van der Waals surface area contributed by atoms with E-state index in [1.807, 2.05) is 24.3 Å². The van der Waals surface area contributed by atoms with Gasteiger partial charge in [0.15, 0.2) is 0 Å². The Morgan fingerprint density at radius 2 is 2.18 bits per heavy atom. The standard InChI is InChI=1S/C12H12ClIN2S/c13-10-4-2-1-3-8(10)5-11(16-15)9-6-12(14)17-7-9/h1-4,6-7,11,16H,5,15H2. The maximum absolute atomic E-state index is 6.15. The Bertz CT molecular complexity index is 501. The highest BCUT2D eigenvalue weighted by Gasteiger charge is 2.13. The molecule has 2 aromatic rings. The molecule has 0 saturated carbocycles. The Morgan fingerprint density at radius 1 is 1.41 bits per heavy atom. The van der Waals surface area contributed by atoms with Crippen molar-refractivity contribution in [2.45, 2.75) is 12.5 Å². The summed E-state index contributed by atoms with van der Waals surface area (Å²) in [6, 6.07) is 10.1. The summed E-state index contributed by atoms with van der Waals surface area (Å²) in [7, 11) is 0. The molecule has 0 aliphatic rings. The first-order valence-corrected chi connectivity index (χ1v) is 7.48. The fraction of sp³-hybridized carbons (Fsp3) is 0.167. The quantitative estimate of drug-likeness (QED) is 0.483. The molecule has 0 aliphatic heterocycles. The maximum Gasteiger partial charge on any atom is 0.0656 e. The zero-order valence-corrected chi connectivity index (χ0v) is 12.7. The molecule has 1 unspecified atom stereocenters. The van der Waals surface area contributed by atoms with E-state index in [0.717, 1.165) is 17.0 Å². The number of nitrogens with one attached hydrogen (secondary N) is 1. The second-order valence-corrected chi connectivity index (χ2v) is 6.91. The molecular formula is C12H12ClIN2S. The van der Waals surface area contributed by atoms with Crippen LogP contribution >= 0.6 is 45.5 Å². The van der Waals surface area contributed by atoms with Gasteiger partial charge in [0.25, 0.3) is 0 Å². The summed E-state index contributed by atoms with van der Waals surface area (Å²) < 4.78 is 1.26. The molecule has 0 spiro atoms. The molecule has 0 saturated heterocycles. The van der Waals surface area contributed by atoms with Gasteiger partial charge in [-0.3, -0.25) is 11.3 Å². The summed E-state index contributed by atoms with van der Waals surface area (Å²) in [6.45, 7) is 0. The Hall–Kier alpha value is -0.140. The van der Waals surface area contributed by atoms with E-state index in [2.05, 4.69) is 39.5 Å². The van der Waals surface area contributed by atoms with Gasteiger partial charge in [0.1, 0.15) is 0 Å². The lowest BCUT2D eigenvalue weighted by Crippen LogP contribution is -2.29. The molecule has 0 aliphatic carbocycles. The molecule has 0 bridgehead atoms. The lowest BCUT2D eigenvalue weighted by atomic mass is 10.0. The Morgan fingerprint density at radius 3 is 2.76 bits per heavy atom. The Labute approximate surface area is 123 Å².